The fraction of sp³-hybridized carbons (Fsp3) is 0.192. The van der Waals surface area contributed by atoms with Crippen LogP contribution < -0.4 is 4.90 Å². The Bertz CT molecular complexity index is 1360. The van der Waals surface area contributed by atoms with Gasteiger partial charge in [0.2, 0.25) is 0 Å². The summed E-state index contributed by atoms with van der Waals surface area (Å²) in [6.45, 7) is 1.67. The van der Waals surface area contributed by atoms with Crippen LogP contribution in [0.2, 0.25) is 0 Å². The van der Waals surface area contributed by atoms with Crippen molar-refractivity contribution in [3.8, 4) is 11.3 Å². The number of fused-ring (bicyclic) bond motifs is 1. The zero-order chi connectivity index (χ0) is 24.6. The van der Waals surface area contributed by atoms with Gasteiger partial charge in [0.1, 0.15) is 11.6 Å². The lowest BCUT2D eigenvalue weighted by Gasteiger charge is -2.35. The number of piperazine rings is 1. The molecule has 35 heavy (non-hydrogen) atoms. The minimum absolute atomic E-state index is 0.160. The maximum absolute atomic E-state index is 13.5. The summed E-state index contributed by atoms with van der Waals surface area (Å²) in [7, 11) is 0. The molecule has 0 aliphatic carbocycles. The summed E-state index contributed by atoms with van der Waals surface area (Å²) in [6, 6.07) is 17.4. The number of nitrogens with zero attached hydrogens (tertiary/aromatic N) is 4. The minimum atomic E-state index is -4.43. The number of alkyl halides is 3. The SMILES string of the molecule is O=C(c1cc(-c2ccc(F)cc2)nc2ccccc12)N1CCN(c2ccc(C(F)(F)F)cn2)CC1. The summed E-state index contributed by atoms with van der Waals surface area (Å²) in [5.74, 6) is -0.0729. The van der Waals surface area contributed by atoms with Gasteiger partial charge in [-0.1, -0.05) is 18.2 Å². The van der Waals surface area contributed by atoms with Gasteiger partial charge in [-0.3, -0.25) is 4.79 Å². The highest BCUT2D eigenvalue weighted by Crippen LogP contribution is 2.30. The van der Waals surface area contributed by atoms with E-state index in [1.807, 2.05) is 29.2 Å². The van der Waals surface area contributed by atoms with Crippen LogP contribution in [0.4, 0.5) is 23.4 Å². The van der Waals surface area contributed by atoms with Crippen LogP contribution in [0.3, 0.4) is 0 Å². The first-order chi connectivity index (χ1) is 16.8. The summed E-state index contributed by atoms with van der Waals surface area (Å²) in [6.07, 6.45) is -3.61. The average Bonchev–Trinajstić information content (AvgIpc) is 2.88. The molecule has 0 radical (unpaired) electrons. The van der Waals surface area contributed by atoms with Gasteiger partial charge in [-0.15, -0.1) is 0 Å². The zero-order valence-electron chi connectivity index (χ0n) is 18.5. The molecule has 1 amide bonds. The van der Waals surface area contributed by atoms with Gasteiger partial charge in [-0.25, -0.2) is 14.4 Å². The van der Waals surface area contributed by atoms with E-state index in [2.05, 4.69) is 9.97 Å². The van der Waals surface area contributed by atoms with Crippen molar-refractivity contribution in [2.45, 2.75) is 6.18 Å². The Kier molecular flexibility index (Phi) is 5.84. The summed E-state index contributed by atoms with van der Waals surface area (Å²) in [5.41, 5.74) is 1.63. The number of carbonyl (C=O) groups excluding carboxylic acids is 1. The largest absolute Gasteiger partial charge is 0.417 e. The van der Waals surface area contributed by atoms with Gasteiger partial charge in [0.15, 0.2) is 0 Å². The van der Waals surface area contributed by atoms with E-state index in [1.54, 1.807) is 23.1 Å². The Morgan fingerprint density at radius 1 is 0.886 bits per heavy atom. The Labute approximate surface area is 198 Å². The molecule has 178 valence electrons. The quantitative estimate of drug-likeness (QED) is 0.368. The number of para-hydroxylation sites is 1. The number of hydrogen-bond acceptors (Lipinski definition) is 4. The molecular formula is C26H20F4N4O. The number of amides is 1. The molecular weight excluding hydrogens is 460 g/mol. The smallest absolute Gasteiger partial charge is 0.353 e. The molecule has 0 bridgehead atoms. The maximum atomic E-state index is 13.5. The van der Waals surface area contributed by atoms with E-state index in [1.165, 1.54) is 18.2 Å². The van der Waals surface area contributed by atoms with Gasteiger partial charge in [0.25, 0.3) is 5.91 Å². The molecule has 1 saturated heterocycles. The van der Waals surface area contributed by atoms with Crippen molar-refractivity contribution < 1.29 is 22.4 Å². The number of pyridine rings is 2. The van der Waals surface area contributed by atoms with E-state index >= 15 is 0 Å². The topological polar surface area (TPSA) is 49.3 Å². The monoisotopic (exact) mass is 480 g/mol. The second-order valence-electron chi connectivity index (χ2n) is 8.26. The van der Waals surface area contributed by atoms with Crippen LogP contribution in [-0.4, -0.2) is 47.0 Å². The van der Waals surface area contributed by atoms with Crippen molar-refractivity contribution in [3.05, 3.63) is 89.9 Å². The third kappa shape index (κ3) is 4.66. The first kappa shape index (κ1) is 22.8. The summed E-state index contributed by atoms with van der Waals surface area (Å²) < 4.78 is 51.8. The van der Waals surface area contributed by atoms with Crippen LogP contribution >= 0.6 is 0 Å². The second-order valence-corrected chi connectivity index (χ2v) is 8.26. The molecule has 1 aliphatic heterocycles. The number of rotatable bonds is 3. The first-order valence-corrected chi connectivity index (χ1v) is 11.0. The number of hydrogen-bond donors (Lipinski definition) is 0. The van der Waals surface area contributed by atoms with Crippen molar-refractivity contribution in [2.75, 3.05) is 31.1 Å². The van der Waals surface area contributed by atoms with E-state index in [0.29, 0.717) is 54.3 Å². The molecule has 2 aromatic heterocycles. The van der Waals surface area contributed by atoms with E-state index in [0.717, 1.165) is 17.6 Å². The van der Waals surface area contributed by atoms with Gasteiger partial charge < -0.3 is 9.80 Å². The van der Waals surface area contributed by atoms with Crippen molar-refractivity contribution in [3.63, 3.8) is 0 Å². The Hall–Kier alpha value is -4.01. The standard InChI is InChI=1S/C26H20F4N4O/c27-19-8-5-17(6-9-19)23-15-21(20-3-1-2-4-22(20)32-23)25(35)34-13-11-33(12-14-34)24-10-7-18(16-31-24)26(28,29)30/h1-10,15-16H,11-14H2. The van der Waals surface area contributed by atoms with Crippen molar-refractivity contribution >= 4 is 22.6 Å². The summed E-state index contributed by atoms with van der Waals surface area (Å²) in [5, 5.41) is 0.718. The lowest BCUT2D eigenvalue weighted by molar-refractivity contribution is -0.137. The molecule has 5 nitrogen and oxygen atoms in total. The number of aromatic nitrogens is 2. The van der Waals surface area contributed by atoms with Crippen LogP contribution in [0.25, 0.3) is 22.2 Å². The maximum Gasteiger partial charge on any atom is 0.417 e. The Balaban J connectivity index is 1.37. The highest BCUT2D eigenvalue weighted by molar-refractivity contribution is 6.07. The minimum Gasteiger partial charge on any atom is -0.353 e. The fourth-order valence-electron chi connectivity index (χ4n) is 4.17. The molecule has 1 aliphatic rings. The third-order valence-corrected chi connectivity index (χ3v) is 6.05. The van der Waals surface area contributed by atoms with Gasteiger partial charge in [-0.2, -0.15) is 13.2 Å². The molecule has 0 unspecified atom stereocenters. The number of anilines is 1. The number of benzene rings is 2. The van der Waals surface area contributed by atoms with Crippen molar-refractivity contribution in [1.82, 2.24) is 14.9 Å². The van der Waals surface area contributed by atoms with E-state index in [4.69, 9.17) is 0 Å². The predicted octanol–water partition coefficient (Wildman–Crippen LogP) is 5.42. The van der Waals surface area contributed by atoms with Crippen LogP contribution in [0, 0.1) is 5.82 Å². The van der Waals surface area contributed by atoms with Crippen molar-refractivity contribution in [2.24, 2.45) is 0 Å². The van der Waals surface area contributed by atoms with Gasteiger partial charge in [0.05, 0.1) is 22.3 Å². The predicted molar refractivity (Wildman–Crippen MR) is 124 cm³/mol. The second kappa shape index (κ2) is 8.98. The molecule has 0 N–H and O–H groups in total. The fourth-order valence-corrected chi connectivity index (χ4v) is 4.17. The third-order valence-electron chi connectivity index (χ3n) is 6.05. The molecule has 5 rings (SSSR count). The van der Waals surface area contributed by atoms with Crippen LogP contribution in [0.1, 0.15) is 15.9 Å². The lowest BCUT2D eigenvalue weighted by atomic mass is 10.0. The molecule has 0 spiro atoms. The molecule has 0 saturated carbocycles. The normalized spacial score (nSPS) is 14.4. The number of halogens is 4. The Morgan fingerprint density at radius 2 is 1.60 bits per heavy atom. The van der Waals surface area contributed by atoms with E-state index in [-0.39, 0.29) is 11.7 Å². The van der Waals surface area contributed by atoms with Gasteiger partial charge >= 0.3 is 6.18 Å². The van der Waals surface area contributed by atoms with Crippen LogP contribution in [-0.2, 0) is 6.18 Å². The van der Waals surface area contributed by atoms with Crippen LogP contribution in [0.15, 0.2) is 72.9 Å². The molecule has 9 heteroatoms. The summed E-state index contributed by atoms with van der Waals surface area (Å²) >= 11 is 0. The molecule has 2 aromatic carbocycles. The lowest BCUT2D eigenvalue weighted by Crippen LogP contribution is -2.49. The average molecular weight is 480 g/mol. The first-order valence-electron chi connectivity index (χ1n) is 11.0. The van der Waals surface area contributed by atoms with E-state index < -0.39 is 11.7 Å². The van der Waals surface area contributed by atoms with Crippen molar-refractivity contribution in [1.29, 1.82) is 0 Å². The summed E-state index contributed by atoms with van der Waals surface area (Å²) in [4.78, 5) is 25.7. The number of carbonyl (C=O) groups is 1. The van der Waals surface area contributed by atoms with Crippen LogP contribution in [0.5, 0.6) is 0 Å². The van der Waals surface area contributed by atoms with Gasteiger partial charge in [-0.05, 0) is 48.5 Å². The highest BCUT2D eigenvalue weighted by Gasteiger charge is 2.31. The zero-order valence-corrected chi connectivity index (χ0v) is 18.5. The molecule has 0 atom stereocenters. The molecule has 4 aromatic rings. The Morgan fingerprint density at radius 3 is 2.26 bits per heavy atom. The molecule has 3 heterocycles. The highest BCUT2D eigenvalue weighted by atomic mass is 19.4. The van der Waals surface area contributed by atoms with E-state index in [9.17, 15) is 22.4 Å². The molecule has 1 fully saturated rings. The van der Waals surface area contributed by atoms with Gasteiger partial charge in [0, 0.05) is 43.3 Å².